The summed E-state index contributed by atoms with van der Waals surface area (Å²) in [6.07, 6.45) is 5.20. The number of thioether (sulfide) groups is 1. The molecule has 0 saturated carbocycles. The van der Waals surface area contributed by atoms with Gasteiger partial charge in [0.2, 0.25) is 0 Å². The van der Waals surface area contributed by atoms with Crippen LogP contribution in [0.15, 0.2) is 54.1 Å². The standard InChI is InChI=1S/C23H26N6O2S/c1-15-6-5-11-29(15)22(31)18-9-10-24-20(13-18)21(30)26-19-8-4-7-17(12-19)16(2)32-23-27-25-14-28(23)3/h4,7-10,12-16H,5-6,11H2,1-3H3,(H,26,30)/t15-,16+/m1/s1. The van der Waals surface area contributed by atoms with E-state index in [0.29, 0.717) is 11.3 Å². The summed E-state index contributed by atoms with van der Waals surface area (Å²) in [6, 6.07) is 11.1. The number of carbonyl (C=O) groups excluding carboxylic acids is 2. The van der Waals surface area contributed by atoms with Gasteiger partial charge in [0.25, 0.3) is 11.8 Å². The van der Waals surface area contributed by atoms with Crippen LogP contribution in [0.25, 0.3) is 0 Å². The molecular formula is C23H26N6O2S. The van der Waals surface area contributed by atoms with Gasteiger partial charge in [-0.3, -0.25) is 14.6 Å². The number of hydrogen-bond donors (Lipinski definition) is 1. The number of rotatable bonds is 6. The number of pyridine rings is 1. The molecule has 1 saturated heterocycles. The first kappa shape index (κ1) is 22.0. The first-order valence-corrected chi connectivity index (χ1v) is 11.5. The third-order valence-electron chi connectivity index (χ3n) is 5.62. The largest absolute Gasteiger partial charge is 0.336 e. The summed E-state index contributed by atoms with van der Waals surface area (Å²) in [5.74, 6) is -0.400. The SMILES string of the molecule is C[C@H](Sc1nncn1C)c1cccc(NC(=O)c2cc(C(=O)N3CCC[C@H]3C)ccn2)c1. The molecule has 0 unspecified atom stereocenters. The van der Waals surface area contributed by atoms with Gasteiger partial charge in [-0.25, -0.2) is 0 Å². The summed E-state index contributed by atoms with van der Waals surface area (Å²) >= 11 is 1.59. The molecule has 2 amide bonds. The highest BCUT2D eigenvalue weighted by molar-refractivity contribution is 7.99. The molecule has 32 heavy (non-hydrogen) atoms. The zero-order valence-electron chi connectivity index (χ0n) is 18.4. The van der Waals surface area contributed by atoms with Gasteiger partial charge in [0.1, 0.15) is 12.0 Å². The van der Waals surface area contributed by atoms with Gasteiger partial charge in [0, 0.05) is 42.3 Å². The third-order valence-corrected chi connectivity index (χ3v) is 6.83. The Morgan fingerprint density at radius 3 is 2.81 bits per heavy atom. The highest BCUT2D eigenvalue weighted by Gasteiger charge is 2.26. The molecule has 1 aliphatic heterocycles. The molecule has 0 radical (unpaired) electrons. The lowest BCUT2D eigenvalue weighted by Gasteiger charge is -2.21. The van der Waals surface area contributed by atoms with Crippen molar-refractivity contribution in [1.82, 2.24) is 24.6 Å². The van der Waals surface area contributed by atoms with Crippen molar-refractivity contribution < 1.29 is 9.59 Å². The molecule has 166 valence electrons. The van der Waals surface area contributed by atoms with E-state index >= 15 is 0 Å². The lowest BCUT2D eigenvalue weighted by Crippen LogP contribution is -2.33. The molecule has 4 rings (SSSR count). The van der Waals surface area contributed by atoms with Crippen molar-refractivity contribution in [3.05, 3.63) is 65.7 Å². The molecule has 3 aromatic rings. The molecule has 9 heteroatoms. The summed E-state index contributed by atoms with van der Waals surface area (Å²) in [6.45, 7) is 4.88. The number of amides is 2. The maximum Gasteiger partial charge on any atom is 0.274 e. The van der Waals surface area contributed by atoms with E-state index in [1.54, 1.807) is 30.2 Å². The highest BCUT2D eigenvalue weighted by Crippen LogP contribution is 2.34. The maximum absolute atomic E-state index is 12.8. The number of hydrogen-bond acceptors (Lipinski definition) is 6. The topological polar surface area (TPSA) is 93.0 Å². The molecule has 2 atom stereocenters. The van der Waals surface area contributed by atoms with E-state index in [1.807, 2.05) is 40.8 Å². The minimum atomic E-state index is -0.347. The Labute approximate surface area is 191 Å². The molecular weight excluding hydrogens is 424 g/mol. The van der Waals surface area contributed by atoms with Crippen molar-refractivity contribution in [3.63, 3.8) is 0 Å². The van der Waals surface area contributed by atoms with Crippen LogP contribution in [-0.4, -0.2) is 49.0 Å². The highest BCUT2D eigenvalue weighted by atomic mass is 32.2. The van der Waals surface area contributed by atoms with Gasteiger partial charge in [0.05, 0.1) is 0 Å². The molecule has 1 aliphatic rings. The lowest BCUT2D eigenvalue weighted by molar-refractivity contribution is 0.0747. The Bertz CT molecular complexity index is 1130. The van der Waals surface area contributed by atoms with Gasteiger partial charge >= 0.3 is 0 Å². The van der Waals surface area contributed by atoms with E-state index in [9.17, 15) is 9.59 Å². The van der Waals surface area contributed by atoms with Gasteiger partial charge in [-0.05, 0) is 56.5 Å². The zero-order valence-corrected chi connectivity index (χ0v) is 19.2. The predicted octanol–water partition coefficient (Wildman–Crippen LogP) is 3.94. The molecule has 0 bridgehead atoms. The van der Waals surface area contributed by atoms with Crippen molar-refractivity contribution in [2.24, 2.45) is 7.05 Å². The number of nitrogens with zero attached hydrogens (tertiary/aromatic N) is 5. The average Bonchev–Trinajstić information content (AvgIpc) is 3.41. The number of benzene rings is 1. The van der Waals surface area contributed by atoms with Crippen LogP contribution in [0.3, 0.4) is 0 Å². The van der Waals surface area contributed by atoms with Crippen molar-refractivity contribution in [1.29, 1.82) is 0 Å². The summed E-state index contributed by atoms with van der Waals surface area (Å²) < 4.78 is 1.87. The Morgan fingerprint density at radius 2 is 2.09 bits per heavy atom. The fourth-order valence-corrected chi connectivity index (χ4v) is 4.67. The monoisotopic (exact) mass is 450 g/mol. The molecule has 0 aliphatic carbocycles. The van der Waals surface area contributed by atoms with Crippen molar-refractivity contribution in [3.8, 4) is 0 Å². The number of aryl methyl sites for hydroxylation is 1. The number of likely N-dealkylation sites (tertiary alicyclic amines) is 1. The molecule has 1 fully saturated rings. The van der Waals surface area contributed by atoms with Crippen molar-refractivity contribution in [2.45, 2.75) is 43.1 Å². The average molecular weight is 451 g/mol. The van der Waals surface area contributed by atoms with E-state index in [2.05, 4.69) is 34.3 Å². The van der Waals surface area contributed by atoms with Gasteiger partial charge in [-0.1, -0.05) is 23.9 Å². The van der Waals surface area contributed by atoms with Crippen molar-refractivity contribution >= 4 is 29.3 Å². The van der Waals surface area contributed by atoms with E-state index < -0.39 is 0 Å². The molecule has 1 aromatic carbocycles. The Hall–Kier alpha value is -3.20. The summed E-state index contributed by atoms with van der Waals surface area (Å²) in [5, 5.41) is 11.9. The fourth-order valence-electron chi connectivity index (χ4n) is 3.76. The van der Waals surface area contributed by atoms with Crippen LogP contribution in [0.5, 0.6) is 0 Å². The van der Waals surface area contributed by atoms with E-state index in [0.717, 1.165) is 30.1 Å². The normalized spacial score (nSPS) is 16.7. The van der Waals surface area contributed by atoms with Crippen molar-refractivity contribution in [2.75, 3.05) is 11.9 Å². The van der Waals surface area contributed by atoms with Crippen LogP contribution in [0.4, 0.5) is 5.69 Å². The third kappa shape index (κ3) is 4.83. The quantitative estimate of drug-likeness (QED) is 0.572. The number of anilines is 1. The van der Waals surface area contributed by atoms with E-state index in [1.165, 1.54) is 6.20 Å². The molecule has 1 N–H and O–H groups in total. The zero-order chi connectivity index (χ0) is 22.7. The van der Waals surface area contributed by atoms with Crippen LogP contribution in [0.2, 0.25) is 0 Å². The summed E-state index contributed by atoms with van der Waals surface area (Å²) in [5.41, 5.74) is 2.43. The Balaban J connectivity index is 1.45. The molecule has 2 aromatic heterocycles. The number of carbonyl (C=O) groups is 2. The number of aromatic nitrogens is 4. The second-order valence-corrected chi connectivity index (χ2v) is 9.29. The van der Waals surface area contributed by atoms with E-state index in [4.69, 9.17) is 0 Å². The van der Waals surface area contributed by atoms with Gasteiger partial charge in [0.15, 0.2) is 5.16 Å². The van der Waals surface area contributed by atoms with E-state index in [-0.39, 0.29) is 28.8 Å². The molecule has 3 heterocycles. The second kappa shape index (κ2) is 9.52. The molecule has 0 spiro atoms. The van der Waals surface area contributed by atoms with Crippen LogP contribution < -0.4 is 5.32 Å². The fraction of sp³-hybridized carbons (Fsp3) is 0.348. The smallest absolute Gasteiger partial charge is 0.274 e. The van der Waals surface area contributed by atoms with Gasteiger partial charge in [-0.15, -0.1) is 10.2 Å². The maximum atomic E-state index is 12.8. The van der Waals surface area contributed by atoms with Crippen LogP contribution in [0.1, 0.15) is 58.3 Å². The lowest BCUT2D eigenvalue weighted by atomic mass is 10.1. The Morgan fingerprint density at radius 1 is 1.25 bits per heavy atom. The second-order valence-electron chi connectivity index (χ2n) is 7.98. The summed E-state index contributed by atoms with van der Waals surface area (Å²) in [7, 11) is 1.90. The predicted molar refractivity (Wildman–Crippen MR) is 124 cm³/mol. The van der Waals surface area contributed by atoms with Crippen LogP contribution in [0, 0.1) is 0 Å². The Kier molecular flexibility index (Phi) is 6.55. The first-order chi connectivity index (χ1) is 15.4. The molecule has 8 nitrogen and oxygen atoms in total. The first-order valence-electron chi connectivity index (χ1n) is 10.6. The van der Waals surface area contributed by atoms with Crippen LogP contribution >= 0.6 is 11.8 Å². The summed E-state index contributed by atoms with van der Waals surface area (Å²) in [4.78, 5) is 31.7. The number of nitrogens with one attached hydrogen (secondary N) is 1. The van der Waals surface area contributed by atoms with Crippen LogP contribution in [-0.2, 0) is 7.05 Å². The van der Waals surface area contributed by atoms with Gasteiger partial charge < -0.3 is 14.8 Å². The minimum absolute atomic E-state index is 0.0527. The van der Waals surface area contributed by atoms with Gasteiger partial charge in [-0.2, -0.15) is 0 Å². The minimum Gasteiger partial charge on any atom is -0.336 e.